The second kappa shape index (κ2) is 11.6. The Labute approximate surface area is 244 Å². The van der Waals surface area contributed by atoms with Crippen LogP contribution in [-0.4, -0.2) is 25.0 Å². The lowest BCUT2D eigenvalue weighted by Gasteiger charge is -2.37. The number of halogens is 1. The molecule has 0 saturated carbocycles. The number of rotatable bonds is 7. The third-order valence-electron chi connectivity index (χ3n) is 7.85. The molecule has 1 heterocycles. The number of hydrogen-bond donors (Lipinski definition) is 1. The Morgan fingerprint density at radius 1 is 0.878 bits per heavy atom. The van der Waals surface area contributed by atoms with E-state index >= 15 is 0 Å². The van der Waals surface area contributed by atoms with Gasteiger partial charge < -0.3 is 14.8 Å². The van der Waals surface area contributed by atoms with Gasteiger partial charge in [0.25, 0.3) is 0 Å². The van der Waals surface area contributed by atoms with Gasteiger partial charge in [0.05, 0.1) is 5.57 Å². The third-order valence-corrected chi connectivity index (χ3v) is 8.10. The minimum Gasteiger partial charge on any atom is -0.490 e. The maximum Gasteiger partial charge on any atom is 0.336 e. The van der Waals surface area contributed by atoms with Crippen LogP contribution in [0.25, 0.3) is 10.8 Å². The van der Waals surface area contributed by atoms with E-state index in [0.29, 0.717) is 40.5 Å². The molecule has 2 atom stereocenters. The summed E-state index contributed by atoms with van der Waals surface area (Å²) in [4.78, 5) is 27.7. The maximum absolute atomic E-state index is 14.0. The van der Waals surface area contributed by atoms with Crippen LogP contribution in [0, 0.1) is 0 Å². The molecule has 4 aromatic carbocycles. The first-order chi connectivity index (χ1) is 20.0. The van der Waals surface area contributed by atoms with Gasteiger partial charge in [0.2, 0.25) is 0 Å². The van der Waals surface area contributed by atoms with Crippen molar-refractivity contribution in [2.75, 3.05) is 13.2 Å². The predicted octanol–water partition coefficient (Wildman–Crippen LogP) is 7.48. The first-order valence-electron chi connectivity index (χ1n) is 13.8. The van der Waals surface area contributed by atoms with Gasteiger partial charge in [-0.1, -0.05) is 84.4 Å². The normalized spacial score (nSPS) is 18.6. The molecule has 1 N–H and O–H groups in total. The number of carbonyl (C=O) groups excluding carboxylic acids is 2. The average Bonchev–Trinajstić information content (AvgIpc) is 2.99. The summed E-state index contributed by atoms with van der Waals surface area (Å²) >= 11 is 6.12. The van der Waals surface area contributed by atoms with Crippen molar-refractivity contribution in [2.45, 2.75) is 31.6 Å². The van der Waals surface area contributed by atoms with Gasteiger partial charge in [-0.3, -0.25) is 4.79 Å². The van der Waals surface area contributed by atoms with Gasteiger partial charge in [-0.2, -0.15) is 0 Å². The Bertz CT molecular complexity index is 1670. The highest BCUT2D eigenvalue weighted by Crippen LogP contribution is 2.47. The smallest absolute Gasteiger partial charge is 0.336 e. The van der Waals surface area contributed by atoms with E-state index in [2.05, 4.69) is 5.32 Å². The molecule has 6 heteroatoms. The number of nitrogens with one attached hydrogen (secondary N) is 1. The van der Waals surface area contributed by atoms with Crippen LogP contribution in [0.2, 0.25) is 5.02 Å². The Hall–Kier alpha value is -4.35. The molecule has 41 heavy (non-hydrogen) atoms. The van der Waals surface area contributed by atoms with Crippen molar-refractivity contribution in [1.29, 1.82) is 0 Å². The molecular formula is C35H30ClNO4. The molecule has 0 aromatic heterocycles. The lowest BCUT2D eigenvalue weighted by Crippen LogP contribution is -2.36. The molecule has 1 aliphatic carbocycles. The fraction of sp³-hybridized carbons (Fsp3) is 0.200. The van der Waals surface area contributed by atoms with E-state index in [1.807, 2.05) is 104 Å². The summed E-state index contributed by atoms with van der Waals surface area (Å²) in [6, 6.07) is 31.2. The van der Waals surface area contributed by atoms with Crippen LogP contribution in [0.3, 0.4) is 0 Å². The third kappa shape index (κ3) is 5.50. The molecule has 0 amide bonds. The zero-order valence-electron chi connectivity index (χ0n) is 22.7. The summed E-state index contributed by atoms with van der Waals surface area (Å²) in [6.45, 7) is 2.20. The maximum atomic E-state index is 14.0. The number of allylic oxidation sites excluding steroid dienone is 3. The molecule has 2 aliphatic rings. The van der Waals surface area contributed by atoms with E-state index in [-0.39, 0.29) is 24.9 Å². The second-order valence-corrected chi connectivity index (χ2v) is 10.9. The molecule has 0 bridgehead atoms. The Kier molecular flexibility index (Phi) is 7.62. The van der Waals surface area contributed by atoms with Crippen LogP contribution in [0.5, 0.6) is 5.75 Å². The van der Waals surface area contributed by atoms with Gasteiger partial charge >= 0.3 is 5.97 Å². The largest absolute Gasteiger partial charge is 0.490 e. The fourth-order valence-corrected chi connectivity index (χ4v) is 6.11. The van der Waals surface area contributed by atoms with Crippen molar-refractivity contribution in [2.24, 2.45) is 0 Å². The van der Waals surface area contributed by atoms with Crippen LogP contribution in [0.4, 0.5) is 0 Å². The molecule has 0 saturated heterocycles. The zero-order valence-corrected chi connectivity index (χ0v) is 23.5. The summed E-state index contributed by atoms with van der Waals surface area (Å²) in [5, 5.41) is 6.16. The molecule has 0 fully saturated rings. The molecule has 5 nitrogen and oxygen atoms in total. The molecule has 206 valence electrons. The van der Waals surface area contributed by atoms with Crippen molar-refractivity contribution in [3.05, 3.63) is 136 Å². The lowest BCUT2D eigenvalue weighted by molar-refractivity contribution is -0.140. The number of carbonyl (C=O) groups is 2. The van der Waals surface area contributed by atoms with E-state index in [1.54, 1.807) is 0 Å². The summed E-state index contributed by atoms with van der Waals surface area (Å²) in [5.74, 6) is -0.232. The van der Waals surface area contributed by atoms with Crippen molar-refractivity contribution in [3.63, 3.8) is 0 Å². The van der Waals surface area contributed by atoms with Crippen LogP contribution in [-0.2, 0) is 14.3 Å². The standard InChI is InChI=1S/C35H30ClNO4/c1-22-32(35(39)41-19-18-40-27-10-3-2-4-11-27)33(29-13-7-9-24-8-5-6-12-28(24)29)34-30(37-22)20-25(21-31(34)38)23-14-16-26(36)17-15-23/h2-17,25,33,37H,18-21H2,1H3. The van der Waals surface area contributed by atoms with E-state index in [9.17, 15) is 9.59 Å². The molecule has 4 aromatic rings. The molecule has 6 rings (SSSR count). The highest BCUT2D eigenvalue weighted by Gasteiger charge is 2.42. The SMILES string of the molecule is CC1=C(C(=O)OCCOc2ccccc2)C(c2cccc3ccccc23)C2=C(CC(c3ccc(Cl)cc3)CC2=O)N1. The fourth-order valence-electron chi connectivity index (χ4n) is 5.98. The van der Waals surface area contributed by atoms with Gasteiger partial charge in [0, 0.05) is 34.3 Å². The average molecular weight is 564 g/mol. The highest BCUT2D eigenvalue weighted by molar-refractivity contribution is 6.30. The van der Waals surface area contributed by atoms with E-state index in [4.69, 9.17) is 21.1 Å². The van der Waals surface area contributed by atoms with Crippen molar-refractivity contribution < 1.29 is 19.1 Å². The summed E-state index contributed by atoms with van der Waals surface area (Å²) in [7, 11) is 0. The quantitative estimate of drug-likeness (QED) is 0.186. The van der Waals surface area contributed by atoms with Gasteiger partial charge in [-0.25, -0.2) is 4.79 Å². The molecular weight excluding hydrogens is 534 g/mol. The van der Waals surface area contributed by atoms with E-state index in [1.165, 1.54) is 0 Å². The lowest BCUT2D eigenvalue weighted by atomic mass is 9.71. The van der Waals surface area contributed by atoms with E-state index in [0.717, 1.165) is 27.6 Å². The number of fused-ring (bicyclic) bond motifs is 1. The van der Waals surface area contributed by atoms with Crippen LogP contribution in [0.1, 0.15) is 42.7 Å². The van der Waals surface area contributed by atoms with Crippen molar-refractivity contribution >= 4 is 34.1 Å². The number of esters is 1. The molecule has 0 spiro atoms. The summed E-state index contributed by atoms with van der Waals surface area (Å²) in [5.41, 5.74) is 4.65. The van der Waals surface area contributed by atoms with Crippen LogP contribution in [0.15, 0.2) is 120 Å². The predicted molar refractivity (Wildman–Crippen MR) is 161 cm³/mol. The topological polar surface area (TPSA) is 64.6 Å². The monoisotopic (exact) mass is 563 g/mol. The van der Waals surface area contributed by atoms with Gasteiger partial charge in [0.1, 0.15) is 19.0 Å². The molecule has 0 radical (unpaired) electrons. The summed E-state index contributed by atoms with van der Waals surface area (Å²) < 4.78 is 11.5. The Morgan fingerprint density at radius 3 is 2.41 bits per heavy atom. The van der Waals surface area contributed by atoms with Gasteiger partial charge in [-0.15, -0.1) is 0 Å². The second-order valence-electron chi connectivity index (χ2n) is 10.4. The number of Topliss-reactive ketones (excluding diaryl/α,β-unsaturated/α-hetero) is 1. The Balaban J connectivity index is 1.34. The van der Waals surface area contributed by atoms with Gasteiger partial charge in [0.15, 0.2) is 5.78 Å². The van der Waals surface area contributed by atoms with Crippen LogP contribution >= 0.6 is 11.6 Å². The van der Waals surface area contributed by atoms with Crippen molar-refractivity contribution in [1.82, 2.24) is 5.32 Å². The van der Waals surface area contributed by atoms with Gasteiger partial charge in [-0.05, 0) is 65.4 Å². The number of ketones is 1. The molecule has 2 unspecified atom stereocenters. The number of dihydropyridines is 1. The highest BCUT2D eigenvalue weighted by atomic mass is 35.5. The first-order valence-corrected chi connectivity index (χ1v) is 14.2. The number of para-hydroxylation sites is 1. The summed E-state index contributed by atoms with van der Waals surface area (Å²) in [6.07, 6.45) is 1.02. The number of ether oxygens (including phenoxy) is 2. The minimum absolute atomic E-state index is 0.0237. The minimum atomic E-state index is -0.543. The number of benzene rings is 4. The van der Waals surface area contributed by atoms with Crippen LogP contribution < -0.4 is 10.1 Å². The zero-order chi connectivity index (χ0) is 28.3. The number of hydrogen-bond acceptors (Lipinski definition) is 5. The Morgan fingerprint density at radius 2 is 1.61 bits per heavy atom. The van der Waals surface area contributed by atoms with Crippen molar-refractivity contribution in [3.8, 4) is 5.75 Å². The molecule has 1 aliphatic heterocycles. The van der Waals surface area contributed by atoms with E-state index < -0.39 is 11.9 Å². The first kappa shape index (κ1) is 26.9.